The lowest BCUT2D eigenvalue weighted by Crippen LogP contribution is -2.31. The summed E-state index contributed by atoms with van der Waals surface area (Å²) in [5, 5.41) is 0.511. The molecule has 0 aliphatic rings. The molecule has 2 unspecified atom stereocenters. The normalized spacial score (nSPS) is 13.8. The molecule has 106 valence electrons. The van der Waals surface area contributed by atoms with Gasteiger partial charge in [0.2, 0.25) is 0 Å². The zero-order valence-corrected chi connectivity index (χ0v) is 12.0. The average Bonchev–Trinajstić information content (AvgIpc) is 2.45. The van der Waals surface area contributed by atoms with Crippen molar-refractivity contribution in [2.24, 2.45) is 5.73 Å². The summed E-state index contributed by atoms with van der Waals surface area (Å²) in [5.74, 6) is 0.242. The lowest BCUT2D eigenvalue weighted by molar-refractivity contribution is 0.171. The quantitative estimate of drug-likeness (QED) is 0.890. The minimum Gasteiger partial charge on any atom is -0.483 e. The maximum atomic E-state index is 13.4. The smallest absolute Gasteiger partial charge is 0.139 e. The molecule has 2 N–H and O–H groups in total. The number of halogens is 2. The molecule has 2 aromatic rings. The molecular weight excluding hydrogens is 277 g/mol. The van der Waals surface area contributed by atoms with E-state index in [-0.39, 0.29) is 11.9 Å². The van der Waals surface area contributed by atoms with Gasteiger partial charge in [-0.1, -0.05) is 42.8 Å². The SMILES string of the molecule is CCC(N)C(Oc1ccccc1Cl)c1cccc(F)c1. The van der Waals surface area contributed by atoms with E-state index in [2.05, 4.69) is 0 Å². The summed E-state index contributed by atoms with van der Waals surface area (Å²) in [6.45, 7) is 1.97. The van der Waals surface area contributed by atoms with Crippen molar-refractivity contribution < 1.29 is 9.13 Å². The van der Waals surface area contributed by atoms with Crippen LogP contribution in [0.3, 0.4) is 0 Å². The Balaban J connectivity index is 2.31. The van der Waals surface area contributed by atoms with Gasteiger partial charge in [0.1, 0.15) is 17.7 Å². The Morgan fingerprint density at radius 3 is 2.60 bits per heavy atom. The van der Waals surface area contributed by atoms with Crippen molar-refractivity contribution in [1.29, 1.82) is 0 Å². The first-order chi connectivity index (χ1) is 9.61. The number of para-hydroxylation sites is 1. The first-order valence-electron chi connectivity index (χ1n) is 6.54. The van der Waals surface area contributed by atoms with Crippen LogP contribution in [-0.2, 0) is 0 Å². The van der Waals surface area contributed by atoms with Crippen LogP contribution in [0.4, 0.5) is 4.39 Å². The second kappa shape index (κ2) is 6.73. The molecule has 0 heterocycles. The highest BCUT2D eigenvalue weighted by molar-refractivity contribution is 6.32. The number of rotatable bonds is 5. The molecule has 0 fully saturated rings. The second-order valence-electron chi connectivity index (χ2n) is 4.60. The molecule has 2 atom stereocenters. The van der Waals surface area contributed by atoms with Crippen LogP contribution in [0.2, 0.25) is 5.02 Å². The third-order valence-corrected chi connectivity index (χ3v) is 3.44. The van der Waals surface area contributed by atoms with Crippen LogP contribution in [0, 0.1) is 5.82 Å². The average molecular weight is 294 g/mol. The molecule has 0 saturated carbocycles. The van der Waals surface area contributed by atoms with Gasteiger partial charge >= 0.3 is 0 Å². The summed E-state index contributed by atoms with van der Waals surface area (Å²) in [6.07, 6.45) is 0.279. The predicted molar refractivity (Wildman–Crippen MR) is 79.5 cm³/mol. The van der Waals surface area contributed by atoms with Gasteiger partial charge < -0.3 is 10.5 Å². The van der Waals surface area contributed by atoms with Crippen LogP contribution in [0.1, 0.15) is 25.0 Å². The van der Waals surface area contributed by atoms with Crippen LogP contribution in [-0.4, -0.2) is 6.04 Å². The summed E-state index contributed by atoms with van der Waals surface area (Å²) < 4.78 is 19.3. The van der Waals surface area contributed by atoms with Gasteiger partial charge in [-0.25, -0.2) is 4.39 Å². The standard InChI is InChI=1S/C16H17ClFNO/c1-2-14(19)16(11-6-5-7-12(18)10-11)20-15-9-4-3-8-13(15)17/h3-10,14,16H,2,19H2,1H3. The Hall–Kier alpha value is -1.58. The number of hydrogen-bond donors (Lipinski definition) is 1. The second-order valence-corrected chi connectivity index (χ2v) is 5.00. The Bertz CT molecular complexity index is 576. The van der Waals surface area contributed by atoms with Crippen LogP contribution in [0.15, 0.2) is 48.5 Å². The van der Waals surface area contributed by atoms with Gasteiger partial charge in [-0.2, -0.15) is 0 Å². The Kier molecular flexibility index (Phi) is 4.99. The lowest BCUT2D eigenvalue weighted by atomic mass is 10.0. The fourth-order valence-electron chi connectivity index (χ4n) is 1.98. The molecular formula is C16H17ClFNO. The summed E-state index contributed by atoms with van der Waals surface area (Å²) in [7, 11) is 0. The highest BCUT2D eigenvalue weighted by Crippen LogP contribution is 2.30. The monoisotopic (exact) mass is 293 g/mol. The largest absolute Gasteiger partial charge is 0.483 e. The van der Waals surface area contributed by atoms with Gasteiger partial charge in [0.05, 0.1) is 5.02 Å². The maximum Gasteiger partial charge on any atom is 0.139 e. The Morgan fingerprint density at radius 2 is 1.95 bits per heavy atom. The molecule has 2 rings (SSSR count). The van der Waals surface area contributed by atoms with E-state index in [1.807, 2.05) is 19.1 Å². The third kappa shape index (κ3) is 3.50. The third-order valence-electron chi connectivity index (χ3n) is 3.13. The summed E-state index contributed by atoms with van der Waals surface area (Å²) in [6, 6.07) is 13.2. The van der Waals surface area contributed by atoms with Crippen molar-refractivity contribution in [2.75, 3.05) is 0 Å². The molecule has 0 aliphatic heterocycles. The fourth-order valence-corrected chi connectivity index (χ4v) is 2.16. The maximum absolute atomic E-state index is 13.4. The molecule has 0 bridgehead atoms. The van der Waals surface area contributed by atoms with Gasteiger partial charge in [-0.05, 0) is 36.2 Å². The van der Waals surface area contributed by atoms with Gasteiger partial charge in [0.25, 0.3) is 0 Å². The van der Waals surface area contributed by atoms with E-state index in [1.165, 1.54) is 12.1 Å². The summed E-state index contributed by atoms with van der Waals surface area (Å²) >= 11 is 6.10. The number of benzene rings is 2. The minimum absolute atomic E-state index is 0.243. The summed E-state index contributed by atoms with van der Waals surface area (Å²) in [5.41, 5.74) is 6.81. The first kappa shape index (κ1) is 14.8. The zero-order chi connectivity index (χ0) is 14.5. The number of nitrogens with two attached hydrogens (primary N) is 1. The minimum atomic E-state index is -0.435. The van der Waals surface area contributed by atoms with Gasteiger partial charge in [-0.15, -0.1) is 0 Å². The van der Waals surface area contributed by atoms with Crippen molar-refractivity contribution in [1.82, 2.24) is 0 Å². The van der Waals surface area contributed by atoms with E-state index in [0.29, 0.717) is 22.8 Å². The van der Waals surface area contributed by atoms with E-state index >= 15 is 0 Å². The van der Waals surface area contributed by atoms with Crippen molar-refractivity contribution in [3.63, 3.8) is 0 Å². The highest BCUT2D eigenvalue weighted by Gasteiger charge is 2.21. The van der Waals surface area contributed by atoms with Crippen LogP contribution in [0.25, 0.3) is 0 Å². The lowest BCUT2D eigenvalue weighted by Gasteiger charge is -2.25. The Morgan fingerprint density at radius 1 is 1.20 bits per heavy atom. The van der Waals surface area contributed by atoms with Gasteiger partial charge in [0.15, 0.2) is 0 Å². The van der Waals surface area contributed by atoms with Crippen molar-refractivity contribution >= 4 is 11.6 Å². The van der Waals surface area contributed by atoms with Crippen molar-refractivity contribution in [3.05, 3.63) is 64.9 Å². The molecule has 4 heteroatoms. The topological polar surface area (TPSA) is 35.2 Å². The molecule has 0 saturated heterocycles. The molecule has 0 aliphatic carbocycles. The van der Waals surface area contributed by atoms with E-state index in [4.69, 9.17) is 22.1 Å². The first-order valence-corrected chi connectivity index (χ1v) is 6.92. The predicted octanol–water partition coefficient (Wildman–Crippen LogP) is 4.34. The molecule has 20 heavy (non-hydrogen) atoms. The fraction of sp³-hybridized carbons (Fsp3) is 0.250. The molecule has 2 nitrogen and oxygen atoms in total. The number of ether oxygens (including phenoxy) is 1. The highest BCUT2D eigenvalue weighted by atomic mass is 35.5. The summed E-state index contributed by atoms with van der Waals surface area (Å²) in [4.78, 5) is 0. The Labute approximate surface area is 123 Å². The molecule has 0 amide bonds. The molecule has 0 aromatic heterocycles. The van der Waals surface area contributed by atoms with E-state index in [9.17, 15) is 4.39 Å². The molecule has 0 spiro atoms. The van der Waals surface area contributed by atoms with Crippen molar-refractivity contribution in [3.8, 4) is 5.75 Å². The van der Waals surface area contributed by atoms with Crippen LogP contribution in [0.5, 0.6) is 5.75 Å². The van der Waals surface area contributed by atoms with E-state index in [0.717, 1.165) is 0 Å². The van der Waals surface area contributed by atoms with Gasteiger partial charge in [-0.3, -0.25) is 0 Å². The van der Waals surface area contributed by atoms with Crippen LogP contribution >= 0.6 is 11.6 Å². The number of hydrogen-bond acceptors (Lipinski definition) is 2. The van der Waals surface area contributed by atoms with E-state index in [1.54, 1.807) is 24.3 Å². The van der Waals surface area contributed by atoms with Crippen LogP contribution < -0.4 is 10.5 Å². The zero-order valence-electron chi connectivity index (χ0n) is 11.2. The van der Waals surface area contributed by atoms with Crippen molar-refractivity contribution in [2.45, 2.75) is 25.5 Å². The molecule has 2 aromatic carbocycles. The molecule has 0 radical (unpaired) electrons. The van der Waals surface area contributed by atoms with E-state index < -0.39 is 6.10 Å². The van der Waals surface area contributed by atoms with Gasteiger partial charge in [0, 0.05) is 6.04 Å².